The van der Waals surface area contributed by atoms with E-state index in [9.17, 15) is 17.6 Å². The monoisotopic (exact) mass is 301 g/mol. The molecule has 1 heterocycles. The Bertz CT molecular complexity index is 672. The van der Waals surface area contributed by atoms with Crippen molar-refractivity contribution in [3.05, 3.63) is 35.4 Å². The summed E-state index contributed by atoms with van der Waals surface area (Å²) in [7, 11) is 0. The molecular weight excluding hydrogens is 286 g/mol. The van der Waals surface area contributed by atoms with Crippen LogP contribution in [0.1, 0.15) is 31.3 Å². The summed E-state index contributed by atoms with van der Waals surface area (Å²) in [4.78, 5) is 4.12. The number of imidazole rings is 1. The van der Waals surface area contributed by atoms with Crippen LogP contribution in [-0.4, -0.2) is 9.55 Å². The lowest BCUT2D eigenvalue weighted by Gasteiger charge is -2.14. The van der Waals surface area contributed by atoms with Crippen LogP contribution in [0, 0.1) is 12.7 Å². The molecule has 0 saturated heterocycles. The number of aryl methyl sites for hydroxylation is 1. The smallest absolute Gasteiger partial charge is 0.383 e. The van der Waals surface area contributed by atoms with Gasteiger partial charge < -0.3 is 10.3 Å². The Morgan fingerprint density at radius 1 is 1.24 bits per heavy atom. The molecule has 2 rings (SSSR count). The molecule has 0 fully saturated rings. The summed E-state index contributed by atoms with van der Waals surface area (Å²) in [6.45, 7) is 5.37. The number of benzene rings is 1. The second-order valence-electron chi connectivity index (χ2n) is 5.04. The van der Waals surface area contributed by atoms with E-state index in [1.165, 1.54) is 0 Å². The van der Waals surface area contributed by atoms with E-state index in [2.05, 4.69) is 4.98 Å². The van der Waals surface area contributed by atoms with Gasteiger partial charge in [-0.2, -0.15) is 13.2 Å². The van der Waals surface area contributed by atoms with Crippen LogP contribution in [0.4, 0.5) is 23.4 Å². The molecule has 1 aromatic heterocycles. The molecular formula is C14H15F4N3. The quantitative estimate of drug-likeness (QED) is 0.846. The zero-order chi connectivity index (χ0) is 15.9. The van der Waals surface area contributed by atoms with Gasteiger partial charge in [-0.3, -0.25) is 0 Å². The Kier molecular flexibility index (Phi) is 3.69. The zero-order valence-corrected chi connectivity index (χ0v) is 11.8. The molecule has 0 unspecified atom stereocenters. The predicted octanol–water partition coefficient (Wildman–Crippen LogP) is 4.18. The fraction of sp³-hybridized carbons (Fsp3) is 0.357. The molecule has 2 aromatic rings. The van der Waals surface area contributed by atoms with Crippen LogP contribution < -0.4 is 5.73 Å². The molecule has 0 radical (unpaired) electrons. The van der Waals surface area contributed by atoms with E-state index in [1.54, 1.807) is 11.5 Å². The van der Waals surface area contributed by atoms with Crippen molar-refractivity contribution in [3.8, 4) is 11.3 Å². The Labute approximate surface area is 119 Å². The number of anilines is 1. The van der Waals surface area contributed by atoms with Gasteiger partial charge in [0.25, 0.3) is 0 Å². The molecule has 0 atom stereocenters. The van der Waals surface area contributed by atoms with Gasteiger partial charge in [0.05, 0.1) is 5.56 Å². The van der Waals surface area contributed by atoms with Gasteiger partial charge in [0.2, 0.25) is 0 Å². The highest BCUT2D eigenvalue weighted by molar-refractivity contribution is 5.74. The van der Waals surface area contributed by atoms with Crippen LogP contribution in [0.15, 0.2) is 18.2 Å². The van der Waals surface area contributed by atoms with Gasteiger partial charge in [0.15, 0.2) is 0 Å². The maximum Gasteiger partial charge on any atom is 0.417 e. The minimum atomic E-state index is -4.68. The number of nitrogens with two attached hydrogens (primary N) is 1. The van der Waals surface area contributed by atoms with Gasteiger partial charge >= 0.3 is 6.18 Å². The van der Waals surface area contributed by atoms with E-state index in [1.807, 2.05) is 13.8 Å². The van der Waals surface area contributed by atoms with Crippen molar-refractivity contribution >= 4 is 5.82 Å². The average molecular weight is 301 g/mol. The van der Waals surface area contributed by atoms with Crippen molar-refractivity contribution in [3.63, 3.8) is 0 Å². The predicted molar refractivity (Wildman–Crippen MR) is 72.2 cm³/mol. The van der Waals surface area contributed by atoms with Gasteiger partial charge in [-0.15, -0.1) is 0 Å². The van der Waals surface area contributed by atoms with Crippen molar-refractivity contribution in [1.29, 1.82) is 0 Å². The fourth-order valence-corrected chi connectivity index (χ4v) is 2.37. The first-order chi connectivity index (χ1) is 9.62. The third kappa shape index (κ3) is 2.72. The molecule has 0 saturated carbocycles. The summed E-state index contributed by atoms with van der Waals surface area (Å²) in [5.41, 5.74) is 4.65. The summed E-state index contributed by atoms with van der Waals surface area (Å²) >= 11 is 0. The molecule has 0 aliphatic heterocycles. The number of alkyl halides is 3. The first-order valence-electron chi connectivity index (χ1n) is 6.34. The molecule has 0 bridgehead atoms. The van der Waals surface area contributed by atoms with E-state index in [4.69, 9.17) is 5.73 Å². The van der Waals surface area contributed by atoms with E-state index in [0.717, 1.165) is 12.1 Å². The Balaban J connectivity index is 2.71. The van der Waals surface area contributed by atoms with Crippen molar-refractivity contribution in [2.45, 2.75) is 33.0 Å². The fourth-order valence-electron chi connectivity index (χ4n) is 2.37. The highest BCUT2D eigenvalue weighted by atomic mass is 19.4. The maximum absolute atomic E-state index is 13.1. The molecule has 0 aliphatic rings. The topological polar surface area (TPSA) is 43.8 Å². The van der Waals surface area contributed by atoms with E-state index < -0.39 is 17.6 Å². The summed E-state index contributed by atoms with van der Waals surface area (Å²) in [5, 5.41) is 0. The van der Waals surface area contributed by atoms with Crippen LogP contribution >= 0.6 is 0 Å². The Morgan fingerprint density at radius 2 is 1.86 bits per heavy atom. The lowest BCUT2D eigenvalue weighted by Crippen LogP contribution is -2.09. The van der Waals surface area contributed by atoms with Gasteiger partial charge in [0, 0.05) is 11.6 Å². The highest BCUT2D eigenvalue weighted by Crippen LogP contribution is 2.39. The third-order valence-electron chi connectivity index (χ3n) is 3.18. The molecule has 0 aliphatic carbocycles. The number of aromatic nitrogens is 2. The van der Waals surface area contributed by atoms with Crippen LogP contribution in [0.25, 0.3) is 11.3 Å². The average Bonchev–Trinajstić information content (AvgIpc) is 2.63. The van der Waals surface area contributed by atoms with Crippen LogP contribution in [0.2, 0.25) is 0 Å². The standard InChI is InChI=1S/C14H15F4N3/c1-7(2)21-8(3)20-12(13(21)19)10-5-4-9(15)6-11(10)14(16,17)18/h4-7H,19H2,1-3H3. The van der Waals surface area contributed by atoms with E-state index in [-0.39, 0.29) is 23.1 Å². The third-order valence-corrected chi connectivity index (χ3v) is 3.18. The number of nitrogen functional groups attached to an aromatic ring is 1. The first kappa shape index (κ1) is 15.3. The summed E-state index contributed by atoms with van der Waals surface area (Å²) in [6, 6.07) is 2.44. The molecule has 3 nitrogen and oxygen atoms in total. The van der Waals surface area contributed by atoms with Crippen molar-refractivity contribution in [2.75, 3.05) is 5.73 Å². The second kappa shape index (κ2) is 5.05. The van der Waals surface area contributed by atoms with Crippen molar-refractivity contribution in [1.82, 2.24) is 9.55 Å². The molecule has 0 amide bonds. The van der Waals surface area contributed by atoms with Crippen LogP contribution in [-0.2, 0) is 6.18 Å². The number of rotatable bonds is 2. The largest absolute Gasteiger partial charge is 0.417 e. The Hall–Kier alpha value is -2.05. The van der Waals surface area contributed by atoms with Crippen LogP contribution in [0.3, 0.4) is 0 Å². The van der Waals surface area contributed by atoms with Crippen molar-refractivity contribution < 1.29 is 17.6 Å². The minimum Gasteiger partial charge on any atom is -0.383 e. The SMILES string of the molecule is Cc1nc(-c2ccc(F)cc2C(F)(F)F)c(N)n1C(C)C. The molecule has 2 N–H and O–H groups in total. The number of hydrogen-bond donors (Lipinski definition) is 1. The van der Waals surface area contributed by atoms with E-state index >= 15 is 0 Å². The minimum absolute atomic E-state index is 0.0218. The molecule has 7 heteroatoms. The lowest BCUT2D eigenvalue weighted by molar-refractivity contribution is -0.137. The Morgan fingerprint density at radius 3 is 2.33 bits per heavy atom. The molecule has 0 spiro atoms. The number of hydrogen-bond acceptors (Lipinski definition) is 2. The molecule has 1 aromatic carbocycles. The maximum atomic E-state index is 13.1. The van der Waals surface area contributed by atoms with Gasteiger partial charge in [-0.1, -0.05) is 0 Å². The highest BCUT2D eigenvalue weighted by Gasteiger charge is 2.35. The first-order valence-corrected chi connectivity index (χ1v) is 6.34. The normalized spacial score (nSPS) is 12.2. The lowest BCUT2D eigenvalue weighted by atomic mass is 10.0. The van der Waals surface area contributed by atoms with Gasteiger partial charge in [-0.25, -0.2) is 9.37 Å². The number of halogens is 4. The number of nitrogens with zero attached hydrogens (tertiary/aromatic N) is 2. The van der Waals surface area contributed by atoms with Gasteiger partial charge in [0.1, 0.15) is 23.2 Å². The zero-order valence-electron chi connectivity index (χ0n) is 11.8. The summed E-state index contributed by atoms with van der Waals surface area (Å²) in [6.07, 6.45) is -4.68. The van der Waals surface area contributed by atoms with Crippen molar-refractivity contribution in [2.24, 2.45) is 0 Å². The van der Waals surface area contributed by atoms with Crippen LogP contribution in [0.5, 0.6) is 0 Å². The molecule has 114 valence electrons. The summed E-state index contributed by atoms with van der Waals surface area (Å²) in [5.74, 6) is -0.306. The second-order valence-corrected chi connectivity index (χ2v) is 5.04. The molecule has 21 heavy (non-hydrogen) atoms. The summed E-state index contributed by atoms with van der Waals surface area (Å²) < 4.78 is 54.0. The van der Waals surface area contributed by atoms with Gasteiger partial charge in [-0.05, 0) is 39.0 Å². The van der Waals surface area contributed by atoms with E-state index in [0.29, 0.717) is 11.9 Å².